The summed E-state index contributed by atoms with van der Waals surface area (Å²) in [5.74, 6) is 0.913. The maximum atomic E-state index is 12.0. The van der Waals surface area contributed by atoms with E-state index in [1.165, 1.54) is 19.3 Å². The van der Waals surface area contributed by atoms with E-state index in [4.69, 9.17) is 13.3 Å². The fourth-order valence-corrected chi connectivity index (χ4v) is 7.37. The Morgan fingerprint density at radius 2 is 1.54 bits per heavy atom. The summed E-state index contributed by atoms with van der Waals surface area (Å²) in [6.45, 7) is 10.2. The van der Waals surface area contributed by atoms with E-state index in [0.29, 0.717) is 36.8 Å². The lowest BCUT2D eigenvalue weighted by molar-refractivity contribution is -0.122. The van der Waals surface area contributed by atoms with Gasteiger partial charge >= 0.3 is 8.80 Å². The summed E-state index contributed by atoms with van der Waals surface area (Å²) in [4.78, 5) is 12.0. The topological polar surface area (TPSA) is 44.8 Å². The van der Waals surface area contributed by atoms with Crippen LogP contribution < -0.4 is 0 Å². The van der Waals surface area contributed by atoms with Crippen LogP contribution in [-0.2, 0) is 18.1 Å². The van der Waals surface area contributed by atoms with Crippen LogP contribution in [0.15, 0.2) is 0 Å². The van der Waals surface area contributed by atoms with E-state index >= 15 is 0 Å². The zero-order valence-corrected chi connectivity index (χ0v) is 19.2. The van der Waals surface area contributed by atoms with Crippen molar-refractivity contribution in [3.8, 4) is 0 Å². The van der Waals surface area contributed by atoms with Gasteiger partial charge in [-0.3, -0.25) is 4.79 Å². The molecule has 4 nitrogen and oxygen atoms in total. The number of unbranched alkanes of at least 4 members (excludes halogenated alkanes) is 1. The molecule has 1 aliphatic rings. The van der Waals surface area contributed by atoms with E-state index in [1.807, 2.05) is 20.8 Å². The monoisotopic (exact) mass is 404 g/mol. The van der Waals surface area contributed by atoms with Crippen LogP contribution in [0.4, 0.5) is 0 Å². The molecule has 6 heteroatoms. The van der Waals surface area contributed by atoms with Gasteiger partial charge in [0.1, 0.15) is 5.78 Å². The highest BCUT2D eigenvalue weighted by molar-refractivity contribution is 7.81. The van der Waals surface area contributed by atoms with Crippen molar-refractivity contribution < 1.29 is 18.1 Å². The molecular weight excluding hydrogens is 364 g/mol. The Hall–Kier alpha value is 0.117. The van der Waals surface area contributed by atoms with Gasteiger partial charge in [-0.05, 0) is 64.7 Å². The maximum absolute atomic E-state index is 12.0. The average molecular weight is 405 g/mol. The predicted molar refractivity (Wildman–Crippen MR) is 113 cm³/mol. The van der Waals surface area contributed by atoms with Crippen LogP contribution in [0.25, 0.3) is 0 Å². The number of rotatable bonds is 14. The van der Waals surface area contributed by atoms with Gasteiger partial charge in [-0.25, -0.2) is 0 Å². The van der Waals surface area contributed by atoms with E-state index in [2.05, 4.69) is 19.6 Å². The number of hydrogen-bond acceptors (Lipinski definition) is 5. The summed E-state index contributed by atoms with van der Waals surface area (Å²) in [7, 11) is -2.59. The quantitative estimate of drug-likeness (QED) is 0.315. The zero-order valence-electron chi connectivity index (χ0n) is 17.3. The summed E-state index contributed by atoms with van der Waals surface area (Å²) in [6.07, 6.45) is 9.06. The van der Waals surface area contributed by atoms with Gasteiger partial charge in [0.15, 0.2) is 0 Å². The fraction of sp³-hybridized carbons (Fsp3) is 0.950. The lowest BCUT2D eigenvalue weighted by Gasteiger charge is -2.42. The Morgan fingerprint density at radius 1 is 1.00 bits per heavy atom. The molecule has 0 aromatic carbocycles. The molecule has 1 saturated carbocycles. The first-order valence-electron chi connectivity index (χ1n) is 10.6. The van der Waals surface area contributed by atoms with Crippen molar-refractivity contribution >= 4 is 27.2 Å². The zero-order chi connectivity index (χ0) is 19.5. The minimum atomic E-state index is -2.59. The Labute approximate surface area is 167 Å². The second-order valence-electron chi connectivity index (χ2n) is 7.48. The molecule has 0 aromatic heterocycles. The van der Waals surface area contributed by atoms with Gasteiger partial charge in [-0.2, -0.15) is 12.6 Å². The molecule has 0 aliphatic heterocycles. The highest BCUT2D eigenvalue weighted by atomic mass is 32.1. The Balaban J connectivity index is 2.81. The summed E-state index contributed by atoms with van der Waals surface area (Å²) < 4.78 is 18.2. The molecule has 1 aliphatic carbocycles. The van der Waals surface area contributed by atoms with Crippen LogP contribution in [0.1, 0.15) is 79.1 Å². The minimum absolute atomic E-state index is 0.218. The molecule has 0 saturated heterocycles. The van der Waals surface area contributed by atoms with Gasteiger partial charge in [0.2, 0.25) is 0 Å². The molecule has 0 N–H and O–H groups in total. The Morgan fingerprint density at radius 3 is 1.96 bits per heavy atom. The number of Topliss-reactive ketones (excluding diaryl/α,β-unsaturated/α-hetero) is 1. The highest BCUT2D eigenvalue weighted by Crippen LogP contribution is 2.47. The smallest absolute Gasteiger partial charge is 0.374 e. The summed E-state index contributed by atoms with van der Waals surface area (Å²) >= 11 is 4.18. The third-order valence-corrected chi connectivity index (χ3v) is 9.13. The highest BCUT2D eigenvalue weighted by Gasteiger charge is 2.44. The molecule has 0 spiro atoms. The van der Waals surface area contributed by atoms with Gasteiger partial charge in [-0.1, -0.05) is 19.8 Å². The van der Waals surface area contributed by atoms with E-state index < -0.39 is 8.80 Å². The number of thiol groups is 1. The summed E-state index contributed by atoms with van der Waals surface area (Å²) in [5, 5.41) is 0. The third kappa shape index (κ3) is 7.27. The minimum Gasteiger partial charge on any atom is -0.374 e. The predicted octanol–water partition coefficient (Wildman–Crippen LogP) is 5.29. The van der Waals surface area contributed by atoms with Crippen molar-refractivity contribution in [2.45, 2.75) is 85.1 Å². The molecule has 0 atom stereocenters. The average Bonchev–Trinajstić information content (AvgIpc) is 2.65. The van der Waals surface area contributed by atoms with Gasteiger partial charge in [0.05, 0.1) is 0 Å². The summed E-state index contributed by atoms with van der Waals surface area (Å²) in [6, 6.07) is 0.886. The standard InChI is InChI=1S/C20H40O4SSi/c1-5-9-12-20(13-10-18(11-14-20)19(21)17-25)15-16-26(22-6-2,23-7-3)24-8-4/h18,25H,5-17H2,1-4H3. The van der Waals surface area contributed by atoms with Crippen molar-refractivity contribution in [2.24, 2.45) is 11.3 Å². The molecule has 0 radical (unpaired) electrons. The molecule has 1 fully saturated rings. The van der Waals surface area contributed by atoms with Crippen LogP contribution in [-0.4, -0.2) is 40.2 Å². The van der Waals surface area contributed by atoms with Gasteiger partial charge in [-0.15, -0.1) is 0 Å². The molecule has 0 aromatic rings. The van der Waals surface area contributed by atoms with Crippen molar-refractivity contribution in [1.29, 1.82) is 0 Å². The van der Waals surface area contributed by atoms with Gasteiger partial charge in [0, 0.05) is 37.5 Å². The first-order chi connectivity index (χ1) is 12.5. The number of carbonyl (C=O) groups excluding carboxylic acids is 1. The number of ketones is 1. The largest absolute Gasteiger partial charge is 0.500 e. The molecule has 1 rings (SSSR count). The van der Waals surface area contributed by atoms with E-state index in [0.717, 1.165) is 38.1 Å². The molecule has 0 bridgehead atoms. The molecule has 26 heavy (non-hydrogen) atoms. The number of hydrogen-bond donors (Lipinski definition) is 1. The van der Waals surface area contributed by atoms with Crippen molar-refractivity contribution in [3.63, 3.8) is 0 Å². The SMILES string of the molecule is CCCCC1(CC[Si](OCC)(OCC)OCC)CCC(C(=O)CS)CC1. The van der Waals surface area contributed by atoms with Crippen LogP contribution in [0, 0.1) is 11.3 Å². The Bertz CT molecular complexity index is 380. The van der Waals surface area contributed by atoms with E-state index in [-0.39, 0.29) is 5.92 Å². The molecule has 0 unspecified atom stereocenters. The van der Waals surface area contributed by atoms with Crippen LogP contribution in [0.2, 0.25) is 6.04 Å². The molecule has 0 amide bonds. The van der Waals surface area contributed by atoms with Crippen LogP contribution in [0.5, 0.6) is 0 Å². The molecule has 154 valence electrons. The molecular formula is C20H40O4SSi. The maximum Gasteiger partial charge on any atom is 0.500 e. The van der Waals surface area contributed by atoms with E-state index in [9.17, 15) is 4.79 Å². The fourth-order valence-electron chi connectivity index (χ4n) is 4.28. The van der Waals surface area contributed by atoms with Gasteiger partial charge < -0.3 is 13.3 Å². The van der Waals surface area contributed by atoms with Crippen molar-refractivity contribution in [1.82, 2.24) is 0 Å². The second kappa shape index (κ2) is 12.6. The second-order valence-corrected chi connectivity index (χ2v) is 10.5. The summed E-state index contributed by atoms with van der Waals surface area (Å²) in [5.41, 5.74) is 0.312. The molecule has 0 heterocycles. The van der Waals surface area contributed by atoms with Crippen molar-refractivity contribution in [2.75, 3.05) is 25.6 Å². The lowest BCUT2D eigenvalue weighted by Crippen LogP contribution is -2.47. The van der Waals surface area contributed by atoms with Crippen molar-refractivity contribution in [3.05, 3.63) is 0 Å². The Kier molecular flexibility index (Phi) is 11.7. The normalized spacial score (nSPS) is 24.0. The van der Waals surface area contributed by atoms with Crippen LogP contribution in [0.3, 0.4) is 0 Å². The third-order valence-electron chi connectivity index (χ3n) is 5.77. The lowest BCUT2D eigenvalue weighted by atomic mass is 9.66. The first kappa shape index (κ1) is 24.2. The number of carbonyl (C=O) groups is 1. The van der Waals surface area contributed by atoms with Gasteiger partial charge in [0.25, 0.3) is 0 Å². The van der Waals surface area contributed by atoms with Crippen LogP contribution >= 0.6 is 12.6 Å². The first-order valence-corrected chi connectivity index (χ1v) is 13.1. The van der Waals surface area contributed by atoms with E-state index in [1.54, 1.807) is 0 Å².